The highest BCUT2D eigenvalue weighted by atomic mass is 19.1. The van der Waals surface area contributed by atoms with Crippen LogP contribution in [0.2, 0.25) is 0 Å². The molecule has 1 aromatic carbocycles. The highest BCUT2D eigenvalue weighted by molar-refractivity contribution is 6.09. The van der Waals surface area contributed by atoms with E-state index in [0.29, 0.717) is 54.9 Å². The quantitative estimate of drug-likeness (QED) is 0.844. The summed E-state index contributed by atoms with van der Waals surface area (Å²) in [7, 11) is 0. The molecule has 1 aliphatic heterocycles. The van der Waals surface area contributed by atoms with Crippen molar-refractivity contribution >= 4 is 22.7 Å². The maximum absolute atomic E-state index is 13.7. The van der Waals surface area contributed by atoms with Crippen LogP contribution in [0.15, 0.2) is 18.2 Å². The van der Waals surface area contributed by atoms with E-state index in [-0.39, 0.29) is 17.7 Å². The second-order valence-electron chi connectivity index (χ2n) is 7.41. The number of carbonyl (C=O) groups is 2. The van der Waals surface area contributed by atoms with Gasteiger partial charge in [0.1, 0.15) is 11.9 Å². The minimum absolute atomic E-state index is 0.0935. The van der Waals surface area contributed by atoms with Crippen molar-refractivity contribution in [2.24, 2.45) is 5.92 Å². The Balaban J connectivity index is 1.85. The summed E-state index contributed by atoms with van der Waals surface area (Å²) in [5.41, 5.74) is 1.72. The lowest BCUT2D eigenvalue weighted by atomic mass is 10.0. The van der Waals surface area contributed by atoms with Crippen molar-refractivity contribution in [2.75, 3.05) is 26.3 Å². The first-order valence-corrected chi connectivity index (χ1v) is 9.32. The van der Waals surface area contributed by atoms with Gasteiger partial charge in [-0.2, -0.15) is 0 Å². The fourth-order valence-electron chi connectivity index (χ4n) is 3.52. The molecule has 2 heterocycles. The molecule has 2 amide bonds. The predicted molar refractivity (Wildman–Crippen MR) is 101 cm³/mol. The number of fused-ring (bicyclic) bond motifs is 1. The Labute approximate surface area is 158 Å². The lowest BCUT2D eigenvalue weighted by Crippen LogP contribution is -2.52. The molecule has 1 aromatic heterocycles. The van der Waals surface area contributed by atoms with E-state index >= 15 is 0 Å². The molecule has 1 aliphatic rings. The normalized spacial score (nSPS) is 16.0. The van der Waals surface area contributed by atoms with E-state index in [1.165, 1.54) is 12.1 Å². The van der Waals surface area contributed by atoms with Crippen LogP contribution < -0.4 is 5.32 Å². The van der Waals surface area contributed by atoms with E-state index in [9.17, 15) is 14.0 Å². The van der Waals surface area contributed by atoms with Crippen molar-refractivity contribution in [3.63, 3.8) is 0 Å². The number of amides is 2. The first-order valence-electron chi connectivity index (χ1n) is 9.32. The molecule has 1 atom stereocenters. The summed E-state index contributed by atoms with van der Waals surface area (Å²) in [5, 5.41) is 3.41. The molecule has 0 aliphatic carbocycles. The lowest BCUT2D eigenvalue weighted by Gasteiger charge is -2.31. The summed E-state index contributed by atoms with van der Waals surface area (Å²) < 4.78 is 19.0. The average Bonchev–Trinajstić information content (AvgIpc) is 2.96. The van der Waals surface area contributed by atoms with E-state index in [2.05, 4.69) is 10.3 Å². The van der Waals surface area contributed by atoms with E-state index in [1.54, 1.807) is 17.9 Å². The van der Waals surface area contributed by atoms with Crippen molar-refractivity contribution in [1.82, 2.24) is 15.2 Å². The molecule has 0 bridgehead atoms. The third kappa shape index (κ3) is 4.30. The van der Waals surface area contributed by atoms with E-state index in [4.69, 9.17) is 4.74 Å². The van der Waals surface area contributed by atoms with Gasteiger partial charge in [-0.1, -0.05) is 13.8 Å². The molecular formula is C20H26FN3O3. The molecule has 2 aromatic rings. The lowest BCUT2D eigenvalue weighted by molar-refractivity contribution is -0.137. The van der Waals surface area contributed by atoms with Crippen LogP contribution in [0, 0.1) is 18.7 Å². The van der Waals surface area contributed by atoms with Gasteiger partial charge >= 0.3 is 0 Å². The monoisotopic (exact) mass is 375 g/mol. The standard InChI is InChI=1S/C20H26FN3O3/c1-12(2)10-17(20(26)24-6-8-27-9-7-24)23-19(25)18-13(3)22-16-5-4-14(21)11-15(16)18/h4-5,11-12,17,22H,6-10H2,1-3H3,(H,23,25). The third-order valence-corrected chi connectivity index (χ3v) is 4.81. The van der Waals surface area contributed by atoms with Crippen LogP contribution in [0.25, 0.3) is 10.9 Å². The minimum Gasteiger partial charge on any atom is -0.378 e. The summed E-state index contributed by atoms with van der Waals surface area (Å²) in [5.74, 6) is -0.624. The zero-order chi connectivity index (χ0) is 19.6. The first kappa shape index (κ1) is 19.4. The number of hydrogen-bond donors (Lipinski definition) is 2. The number of nitrogens with one attached hydrogen (secondary N) is 2. The van der Waals surface area contributed by atoms with E-state index in [0.717, 1.165) is 0 Å². The fraction of sp³-hybridized carbons (Fsp3) is 0.500. The molecule has 1 unspecified atom stereocenters. The summed E-state index contributed by atoms with van der Waals surface area (Å²) in [4.78, 5) is 30.7. The van der Waals surface area contributed by atoms with Crippen LogP contribution in [-0.2, 0) is 9.53 Å². The maximum atomic E-state index is 13.7. The number of aryl methyl sites for hydroxylation is 1. The number of H-pyrrole nitrogens is 1. The average molecular weight is 375 g/mol. The van der Waals surface area contributed by atoms with Gasteiger partial charge in [0.2, 0.25) is 5.91 Å². The molecule has 3 rings (SSSR count). The predicted octanol–water partition coefficient (Wildman–Crippen LogP) is 2.62. The fourth-order valence-corrected chi connectivity index (χ4v) is 3.52. The Bertz CT molecular complexity index is 840. The number of benzene rings is 1. The van der Waals surface area contributed by atoms with Crippen LogP contribution in [0.5, 0.6) is 0 Å². The van der Waals surface area contributed by atoms with Gasteiger partial charge in [0.05, 0.1) is 18.8 Å². The summed E-state index contributed by atoms with van der Waals surface area (Å²) in [6.45, 7) is 7.87. The highest BCUT2D eigenvalue weighted by Gasteiger charge is 2.29. The SMILES string of the molecule is Cc1[nH]c2ccc(F)cc2c1C(=O)NC(CC(C)C)C(=O)N1CCOCC1. The number of morpholine rings is 1. The van der Waals surface area contributed by atoms with Gasteiger partial charge < -0.3 is 19.9 Å². The Hall–Kier alpha value is -2.41. The number of carbonyl (C=O) groups excluding carboxylic acids is 2. The molecule has 146 valence electrons. The Kier molecular flexibility index (Phi) is 5.79. The third-order valence-electron chi connectivity index (χ3n) is 4.81. The second kappa shape index (κ2) is 8.08. The van der Waals surface area contributed by atoms with Gasteiger partial charge in [0.15, 0.2) is 0 Å². The van der Waals surface area contributed by atoms with Gasteiger partial charge in [-0.25, -0.2) is 4.39 Å². The number of halogens is 1. The van der Waals surface area contributed by atoms with Gasteiger partial charge in [-0.05, 0) is 37.5 Å². The van der Waals surface area contributed by atoms with Crippen LogP contribution in [0.4, 0.5) is 4.39 Å². The zero-order valence-corrected chi connectivity index (χ0v) is 16.0. The molecular weight excluding hydrogens is 349 g/mol. The van der Waals surface area contributed by atoms with Crippen LogP contribution in [-0.4, -0.2) is 54.0 Å². The molecule has 7 heteroatoms. The van der Waals surface area contributed by atoms with Crippen molar-refractivity contribution in [3.05, 3.63) is 35.3 Å². The maximum Gasteiger partial charge on any atom is 0.254 e. The van der Waals surface area contributed by atoms with Gasteiger partial charge in [-0.15, -0.1) is 0 Å². The second-order valence-corrected chi connectivity index (χ2v) is 7.41. The summed E-state index contributed by atoms with van der Waals surface area (Å²) in [6.07, 6.45) is 0.539. The number of hydrogen-bond acceptors (Lipinski definition) is 3. The summed E-state index contributed by atoms with van der Waals surface area (Å²) in [6, 6.07) is 3.69. The number of rotatable bonds is 5. The van der Waals surface area contributed by atoms with Crippen molar-refractivity contribution in [1.29, 1.82) is 0 Å². The molecule has 1 saturated heterocycles. The van der Waals surface area contributed by atoms with E-state index < -0.39 is 11.9 Å². The largest absolute Gasteiger partial charge is 0.378 e. The van der Waals surface area contributed by atoms with Crippen molar-refractivity contribution in [3.8, 4) is 0 Å². The summed E-state index contributed by atoms with van der Waals surface area (Å²) >= 11 is 0. The van der Waals surface area contributed by atoms with Gasteiger partial charge in [-0.3, -0.25) is 9.59 Å². The van der Waals surface area contributed by atoms with Gasteiger partial charge in [0.25, 0.3) is 5.91 Å². The highest BCUT2D eigenvalue weighted by Crippen LogP contribution is 2.23. The number of aromatic nitrogens is 1. The van der Waals surface area contributed by atoms with Crippen molar-refractivity contribution in [2.45, 2.75) is 33.2 Å². The number of aromatic amines is 1. The Morgan fingerprint density at radius 2 is 2.00 bits per heavy atom. The minimum atomic E-state index is -0.617. The van der Waals surface area contributed by atoms with Crippen LogP contribution in [0.3, 0.4) is 0 Å². The first-order chi connectivity index (χ1) is 12.9. The smallest absolute Gasteiger partial charge is 0.254 e. The zero-order valence-electron chi connectivity index (χ0n) is 16.0. The number of ether oxygens (including phenoxy) is 1. The Morgan fingerprint density at radius 3 is 2.67 bits per heavy atom. The van der Waals surface area contributed by atoms with Crippen LogP contribution in [0.1, 0.15) is 36.3 Å². The Morgan fingerprint density at radius 1 is 1.30 bits per heavy atom. The van der Waals surface area contributed by atoms with E-state index in [1.807, 2.05) is 13.8 Å². The molecule has 6 nitrogen and oxygen atoms in total. The number of nitrogens with zero attached hydrogens (tertiary/aromatic N) is 1. The molecule has 1 fully saturated rings. The molecule has 2 N–H and O–H groups in total. The molecule has 0 radical (unpaired) electrons. The molecule has 0 spiro atoms. The van der Waals surface area contributed by atoms with Gasteiger partial charge in [0, 0.05) is 29.7 Å². The topological polar surface area (TPSA) is 74.4 Å². The van der Waals surface area contributed by atoms with Crippen LogP contribution >= 0.6 is 0 Å². The van der Waals surface area contributed by atoms with Crippen molar-refractivity contribution < 1.29 is 18.7 Å². The molecule has 0 saturated carbocycles. The molecule has 27 heavy (non-hydrogen) atoms.